The molecule has 0 saturated heterocycles. The van der Waals surface area contributed by atoms with Crippen LogP contribution in [0.3, 0.4) is 0 Å². The first kappa shape index (κ1) is 10.1. The van der Waals surface area contributed by atoms with E-state index in [2.05, 4.69) is 6.07 Å². The summed E-state index contributed by atoms with van der Waals surface area (Å²) in [6, 6.07) is 13.8. The summed E-state index contributed by atoms with van der Waals surface area (Å²) in [4.78, 5) is 0. The van der Waals surface area contributed by atoms with E-state index in [0.717, 1.165) is 27.4 Å². The molecule has 0 aliphatic rings. The summed E-state index contributed by atoms with van der Waals surface area (Å²) in [6.07, 6.45) is 0. The van der Waals surface area contributed by atoms with Crippen molar-refractivity contribution in [2.75, 3.05) is 5.73 Å². The minimum atomic E-state index is 0.742. The molecule has 76 valence electrons. The van der Waals surface area contributed by atoms with Gasteiger partial charge in [0.1, 0.15) is 0 Å². The molecular formula is C13H12ClN. The van der Waals surface area contributed by atoms with Gasteiger partial charge in [0.2, 0.25) is 0 Å². The molecule has 0 radical (unpaired) electrons. The van der Waals surface area contributed by atoms with Gasteiger partial charge < -0.3 is 5.73 Å². The van der Waals surface area contributed by atoms with Crippen LogP contribution in [-0.2, 0) is 0 Å². The Bertz CT molecular complexity index is 492. The second kappa shape index (κ2) is 3.95. The van der Waals surface area contributed by atoms with E-state index < -0.39 is 0 Å². The van der Waals surface area contributed by atoms with Gasteiger partial charge in [-0.3, -0.25) is 0 Å². The molecule has 2 N–H and O–H groups in total. The monoisotopic (exact) mass is 217 g/mol. The summed E-state index contributed by atoms with van der Waals surface area (Å²) in [7, 11) is 0. The first-order chi connectivity index (χ1) is 7.16. The molecule has 0 amide bonds. The second-order valence-corrected chi connectivity index (χ2v) is 4.02. The molecule has 0 spiro atoms. The molecule has 0 saturated carbocycles. The molecule has 0 aliphatic heterocycles. The van der Waals surface area contributed by atoms with Crippen LogP contribution >= 0.6 is 11.6 Å². The Hall–Kier alpha value is -1.47. The molecule has 0 heterocycles. The van der Waals surface area contributed by atoms with E-state index in [1.54, 1.807) is 0 Å². The van der Waals surface area contributed by atoms with E-state index in [-0.39, 0.29) is 0 Å². The maximum Gasteiger partial charge on any atom is 0.0412 e. The molecule has 2 aromatic rings. The summed E-state index contributed by atoms with van der Waals surface area (Å²) in [6.45, 7) is 2.00. The van der Waals surface area contributed by atoms with Crippen molar-refractivity contribution in [2.24, 2.45) is 0 Å². The van der Waals surface area contributed by atoms with E-state index in [9.17, 15) is 0 Å². The number of nitrogen functional groups attached to an aromatic ring is 1. The van der Waals surface area contributed by atoms with Crippen LogP contribution in [0.4, 0.5) is 5.69 Å². The fourth-order valence-electron chi connectivity index (χ4n) is 1.49. The number of benzene rings is 2. The van der Waals surface area contributed by atoms with Crippen molar-refractivity contribution >= 4 is 17.3 Å². The average Bonchev–Trinajstić information content (AvgIpc) is 2.22. The highest BCUT2D eigenvalue weighted by Gasteiger charge is 2.00. The van der Waals surface area contributed by atoms with Crippen LogP contribution in [0, 0.1) is 6.92 Å². The molecule has 2 heteroatoms. The molecule has 0 aromatic heterocycles. The zero-order valence-electron chi connectivity index (χ0n) is 8.50. The highest BCUT2D eigenvalue weighted by Crippen LogP contribution is 2.25. The van der Waals surface area contributed by atoms with E-state index in [4.69, 9.17) is 17.3 Å². The molecule has 0 atom stereocenters. The van der Waals surface area contributed by atoms with Gasteiger partial charge in [0, 0.05) is 10.7 Å². The number of anilines is 1. The van der Waals surface area contributed by atoms with Gasteiger partial charge in [-0.1, -0.05) is 35.9 Å². The standard InChI is InChI=1S/C13H12ClN/c1-9-5-6-11(8-13(9)15)10-3-2-4-12(14)7-10/h2-8H,15H2,1H3. The van der Waals surface area contributed by atoms with Crippen LogP contribution < -0.4 is 5.73 Å². The number of rotatable bonds is 1. The number of aryl methyl sites for hydroxylation is 1. The van der Waals surface area contributed by atoms with Crippen LogP contribution in [0.1, 0.15) is 5.56 Å². The lowest BCUT2D eigenvalue weighted by molar-refractivity contribution is 1.47. The zero-order valence-corrected chi connectivity index (χ0v) is 9.25. The highest BCUT2D eigenvalue weighted by atomic mass is 35.5. The fourth-order valence-corrected chi connectivity index (χ4v) is 1.68. The largest absolute Gasteiger partial charge is 0.398 e. The van der Waals surface area contributed by atoms with Crippen molar-refractivity contribution in [1.29, 1.82) is 0 Å². The molecular weight excluding hydrogens is 206 g/mol. The topological polar surface area (TPSA) is 26.0 Å². The lowest BCUT2D eigenvalue weighted by Crippen LogP contribution is -1.89. The first-order valence-electron chi connectivity index (χ1n) is 4.79. The molecule has 2 rings (SSSR count). The third-order valence-corrected chi connectivity index (χ3v) is 2.67. The molecule has 0 unspecified atom stereocenters. The molecule has 0 aliphatic carbocycles. The van der Waals surface area contributed by atoms with Gasteiger partial charge in [0.25, 0.3) is 0 Å². The summed E-state index contributed by atoms with van der Waals surface area (Å²) < 4.78 is 0. The Morgan fingerprint density at radius 1 is 1.00 bits per heavy atom. The fraction of sp³-hybridized carbons (Fsp3) is 0.0769. The normalized spacial score (nSPS) is 10.3. The average molecular weight is 218 g/mol. The van der Waals surface area contributed by atoms with Crippen LogP contribution in [0.5, 0.6) is 0 Å². The Labute approximate surface area is 94.5 Å². The molecule has 15 heavy (non-hydrogen) atoms. The predicted octanol–water partition coefficient (Wildman–Crippen LogP) is 3.90. The van der Waals surface area contributed by atoms with Crippen molar-refractivity contribution in [1.82, 2.24) is 0 Å². The molecule has 2 aromatic carbocycles. The minimum absolute atomic E-state index is 0.742. The summed E-state index contributed by atoms with van der Waals surface area (Å²) in [5, 5.41) is 0.742. The van der Waals surface area contributed by atoms with Gasteiger partial charge >= 0.3 is 0 Å². The number of hydrogen-bond acceptors (Lipinski definition) is 1. The lowest BCUT2D eigenvalue weighted by Gasteiger charge is -2.05. The zero-order chi connectivity index (χ0) is 10.8. The minimum Gasteiger partial charge on any atom is -0.398 e. The van der Waals surface area contributed by atoms with Gasteiger partial charge in [0.05, 0.1) is 0 Å². The van der Waals surface area contributed by atoms with Crippen LogP contribution in [0.15, 0.2) is 42.5 Å². The molecule has 0 fully saturated rings. The van der Waals surface area contributed by atoms with Crippen molar-refractivity contribution in [2.45, 2.75) is 6.92 Å². The van der Waals surface area contributed by atoms with Crippen molar-refractivity contribution in [3.8, 4) is 11.1 Å². The van der Waals surface area contributed by atoms with Gasteiger partial charge in [-0.05, 0) is 41.8 Å². The summed E-state index contributed by atoms with van der Waals surface area (Å²) in [5.74, 6) is 0. The number of halogens is 1. The van der Waals surface area contributed by atoms with E-state index in [0.29, 0.717) is 0 Å². The maximum absolute atomic E-state index is 5.93. The van der Waals surface area contributed by atoms with Crippen molar-refractivity contribution in [3.05, 3.63) is 53.1 Å². The van der Waals surface area contributed by atoms with Gasteiger partial charge in [-0.25, -0.2) is 0 Å². The van der Waals surface area contributed by atoms with E-state index >= 15 is 0 Å². The number of nitrogens with two attached hydrogens (primary N) is 1. The maximum atomic E-state index is 5.93. The van der Waals surface area contributed by atoms with E-state index in [1.165, 1.54) is 0 Å². The molecule has 0 bridgehead atoms. The quantitative estimate of drug-likeness (QED) is 0.721. The third-order valence-electron chi connectivity index (χ3n) is 2.44. The van der Waals surface area contributed by atoms with Gasteiger partial charge in [-0.15, -0.1) is 0 Å². The second-order valence-electron chi connectivity index (χ2n) is 3.58. The van der Waals surface area contributed by atoms with Crippen molar-refractivity contribution in [3.63, 3.8) is 0 Å². The van der Waals surface area contributed by atoms with Gasteiger partial charge in [0.15, 0.2) is 0 Å². The van der Waals surface area contributed by atoms with Crippen molar-refractivity contribution < 1.29 is 0 Å². The van der Waals surface area contributed by atoms with Crippen LogP contribution in [0.2, 0.25) is 5.02 Å². The van der Waals surface area contributed by atoms with E-state index in [1.807, 2.05) is 43.3 Å². The Balaban J connectivity index is 2.50. The first-order valence-corrected chi connectivity index (χ1v) is 5.17. The smallest absolute Gasteiger partial charge is 0.0412 e. The SMILES string of the molecule is Cc1ccc(-c2cccc(Cl)c2)cc1N. The summed E-state index contributed by atoms with van der Waals surface area (Å²) in [5.41, 5.74) is 9.96. The highest BCUT2D eigenvalue weighted by molar-refractivity contribution is 6.30. The van der Waals surface area contributed by atoms with Crippen LogP contribution in [0.25, 0.3) is 11.1 Å². The predicted molar refractivity (Wildman–Crippen MR) is 66.0 cm³/mol. The third kappa shape index (κ3) is 2.13. The Kier molecular flexibility index (Phi) is 2.65. The Morgan fingerprint density at radius 2 is 1.73 bits per heavy atom. The lowest BCUT2D eigenvalue weighted by atomic mass is 10.0. The molecule has 1 nitrogen and oxygen atoms in total. The summed E-state index contributed by atoms with van der Waals surface area (Å²) >= 11 is 5.93. The van der Waals surface area contributed by atoms with Gasteiger partial charge in [-0.2, -0.15) is 0 Å². The van der Waals surface area contributed by atoms with Crippen LogP contribution in [-0.4, -0.2) is 0 Å². The number of hydrogen-bond donors (Lipinski definition) is 1. The Morgan fingerprint density at radius 3 is 2.40 bits per heavy atom.